The monoisotopic (exact) mass is 289 g/mol. The molecule has 2 aliphatic rings. The van der Waals surface area contributed by atoms with Crippen LogP contribution < -0.4 is 5.73 Å². The Bertz CT molecular complexity index is 380. The topological polar surface area (TPSA) is 66.6 Å². The van der Waals surface area contributed by atoms with E-state index in [2.05, 4.69) is 0 Å². The lowest BCUT2D eigenvalue weighted by molar-refractivity contribution is -0.158. The van der Waals surface area contributed by atoms with Gasteiger partial charge in [-0.1, -0.05) is 0 Å². The highest BCUT2D eigenvalue weighted by molar-refractivity contribution is 5.92. The summed E-state index contributed by atoms with van der Waals surface area (Å²) in [5.41, 5.74) is 5.05. The van der Waals surface area contributed by atoms with Gasteiger partial charge < -0.3 is 15.5 Å². The first-order chi connectivity index (χ1) is 8.26. The highest BCUT2D eigenvalue weighted by Gasteiger charge is 2.45. The van der Waals surface area contributed by atoms with Gasteiger partial charge in [-0.15, -0.1) is 12.4 Å². The molecule has 2 rings (SSSR count). The number of nitrogens with zero attached hydrogens (tertiary/aromatic N) is 2. The fourth-order valence-electron chi connectivity index (χ4n) is 2.85. The van der Waals surface area contributed by atoms with Crippen LogP contribution in [-0.4, -0.2) is 52.8 Å². The SMILES string of the molecule is CN1CCN(C(=O)CC2(N)CCC2)C(C)(C)C1=O.Cl. The van der Waals surface area contributed by atoms with Crippen LogP contribution in [0.4, 0.5) is 0 Å². The van der Waals surface area contributed by atoms with Crippen LogP contribution in [0.5, 0.6) is 0 Å². The number of carbonyl (C=O) groups is 2. The maximum Gasteiger partial charge on any atom is 0.247 e. The number of rotatable bonds is 2. The van der Waals surface area contributed by atoms with Crippen molar-refractivity contribution in [1.82, 2.24) is 9.80 Å². The molecule has 2 fully saturated rings. The third kappa shape index (κ3) is 2.87. The van der Waals surface area contributed by atoms with Crippen molar-refractivity contribution in [2.24, 2.45) is 5.73 Å². The normalized spacial score (nSPS) is 24.5. The highest BCUT2D eigenvalue weighted by atomic mass is 35.5. The zero-order valence-electron chi connectivity index (χ0n) is 11.9. The summed E-state index contributed by atoms with van der Waals surface area (Å²) in [5, 5.41) is 0. The van der Waals surface area contributed by atoms with Gasteiger partial charge >= 0.3 is 0 Å². The number of hydrogen-bond acceptors (Lipinski definition) is 3. The summed E-state index contributed by atoms with van der Waals surface area (Å²) in [6.45, 7) is 4.83. The van der Waals surface area contributed by atoms with Crippen LogP contribution in [0.3, 0.4) is 0 Å². The van der Waals surface area contributed by atoms with E-state index in [1.54, 1.807) is 16.8 Å². The van der Waals surface area contributed by atoms with E-state index in [0.717, 1.165) is 19.3 Å². The summed E-state index contributed by atoms with van der Waals surface area (Å²) in [5.74, 6) is 0.0189. The third-order valence-corrected chi connectivity index (χ3v) is 4.36. The molecule has 0 aromatic heterocycles. The van der Waals surface area contributed by atoms with Crippen molar-refractivity contribution in [3.8, 4) is 0 Å². The van der Waals surface area contributed by atoms with Crippen molar-refractivity contribution in [3.63, 3.8) is 0 Å². The fraction of sp³-hybridized carbons (Fsp3) is 0.846. The van der Waals surface area contributed by atoms with Gasteiger partial charge in [0.15, 0.2) is 0 Å². The van der Waals surface area contributed by atoms with E-state index in [-0.39, 0.29) is 29.8 Å². The molecule has 6 heteroatoms. The molecule has 0 spiro atoms. The summed E-state index contributed by atoms with van der Waals surface area (Å²) in [6, 6.07) is 0. The Kier molecular flexibility index (Phi) is 4.52. The first-order valence-corrected chi connectivity index (χ1v) is 6.61. The number of piperazine rings is 1. The second kappa shape index (κ2) is 5.29. The maximum atomic E-state index is 12.3. The quantitative estimate of drug-likeness (QED) is 0.816. The molecule has 110 valence electrons. The molecular formula is C13H24ClN3O2. The van der Waals surface area contributed by atoms with Gasteiger partial charge in [0.05, 0.1) is 0 Å². The van der Waals surface area contributed by atoms with Crippen LogP contribution in [0.15, 0.2) is 0 Å². The molecule has 1 aliphatic heterocycles. The average Bonchev–Trinajstić information content (AvgIpc) is 2.23. The van der Waals surface area contributed by atoms with Crippen LogP contribution in [-0.2, 0) is 9.59 Å². The smallest absolute Gasteiger partial charge is 0.247 e. The maximum absolute atomic E-state index is 12.3. The molecule has 1 saturated carbocycles. The van der Waals surface area contributed by atoms with Crippen LogP contribution in [0, 0.1) is 0 Å². The minimum atomic E-state index is -0.746. The zero-order chi connectivity index (χ0) is 13.6. The number of amides is 2. The van der Waals surface area contributed by atoms with E-state index >= 15 is 0 Å². The van der Waals surface area contributed by atoms with E-state index in [0.29, 0.717) is 19.5 Å². The molecule has 0 aromatic carbocycles. The predicted molar refractivity (Wildman–Crippen MR) is 76.1 cm³/mol. The van der Waals surface area contributed by atoms with Crippen molar-refractivity contribution < 1.29 is 9.59 Å². The van der Waals surface area contributed by atoms with E-state index in [1.165, 1.54) is 0 Å². The molecule has 2 N–H and O–H groups in total. The predicted octanol–water partition coefficient (Wildman–Crippen LogP) is 0.759. The Balaban J connectivity index is 0.00000180. The molecule has 1 heterocycles. The minimum absolute atomic E-state index is 0. The largest absolute Gasteiger partial charge is 0.342 e. The van der Waals surface area contributed by atoms with E-state index in [9.17, 15) is 9.59 Å². The van der Waals surface area contributed by atoms with Gasteiger partial charge in [-0.25, -0.2) is 0 Å². The lowest BCUT2D eigenvalue weighted by Crippen LogP contribution is -2.65. The molecule has 0 atom stereocenters. The second-order valence-electron chi connectivity index (χ2n) is 6.22. The molecule has 0 aromatic rings. The van der Waals surface area contributed by atoms with Gasteiger partial charge in [-0.2, -0.15) is 0 Å². The zero-order valence-corrected chi connectivity index (χ0v) is 12.8. The van der Waals surface area contributed by atoms with Crippen LogP contribution >= 0.6 is 12.4 Å². The number of hydrogen-bond donors (Lipinski definition) is 1. The molecule has 0 unspecified atom stereocenters. The number of nitrogens with two attached hydrogens (primary N) is 1. The highest BCUT2D eigenvalue weighted by Crippen LogP contribution is 2.34. The van der Waals surface area contributed by atoms with Crippen molar-refractivity contribution in [2.45, 2.75) is 50.6 Å². The summed E-state index contributed by atoms with van der Waals surface area (Å²) < 4.78 is 0. The van der Waals surface area contributed by atoms with Gasteiger partial charge in [-0.05, 0) is 33.1 Å². The van der Waals surface area contributed by atoms with Gasteiger partial charge in [0.1, 0.15) is 5.54 Å². The molecular weight excluding hydrogens is 266 g/mol. The molecule has 19 heavy (non-hydrogen) atoms. The van der Waals surface area contributed by atoms with Gasteiger partial charge in [-0.3, -0.25) is 9.59 Å². The van der Waals surface area contributed by atoms with Crippen LogP contribution in [0.25, 0.3) is 0 Å². The summed E-state index contributed by atoms with van der Waals surface area (Å²) in [7, 11) is 1.78. The van der Waals surface area contributed by atoms with Crippen molar-refractivity contribution in [3.05, 3.63) is 0 Å². The Morgan fingerprint density at radius 2 is 1.89 bits per heavy atom. The minimum Gasteiger partial charge on any atom is -0.342 e. The Morgan fingerprint density at radius 1 is 1.32 bits per heavy atom. The lowest BCUT2D eigenvalue weighted by atomic mass is 9.75. The average molecular weight is 290 g/mol. The third-order valence-electron chi connectivity index (χ3n) is 4.36. The molecule has 0 radical (unpaired) electrons. The van der Waals surface area contributed by atoms with E-state index in [1.807, 2.05) is 13.8 Å². The lowest BCUT2D eigenvalue weighted by Gasteiger charge is -2.47. The van der Waals surface area contributed by atoms with Crippen LogP contribution in [0.1, 0.15) is 39.5 Å². The standard InChI is InChI=1S/C13H23N3O2.ClH/c1-12(2)11(18)15(3)7-8-16(12)10(17)9-13(14)5-4-6-13;/h4-9,14H2,1-3H3;1H. The first kappa shape index (κ1) is 16.2. The van der Waals surface area contributed by atoms with Crippen LogP contribution in [0.2, 0.25) is 0 Å². The fourth-order valence-corrected chi connectivity index (χ4v) is 2.85. The molecule has 0 bridgehead atoms. The van der Waals surface area contributed by atoms with Crippen molar-refractivity contribution >= 4 is 24.2 Å². The van der Waals surface area contributed by atoms with Gasteiger partial charge in [0, 0.05) is 32.1 Å². The number of likely N-dealkylation sites (N-methyl/N-ethyl adjacent to an activating group) is 1. The number of halogens is 1. The second-order valence-corrected chi connectivity index (χ2v) is 6.22. The Hall–Kier alpha value is -0.810. The Morgan fingerprint density at radius 3 is 2.37 bits per heavy atom. The van der Waals surface area contributed by atoms with Crippen molar-refractivity contribution in [2.75, 3.05) is 20.1 Å². The summed E-state index contributed by atoms with van der Waals surface area (Å²) >= 11 is 0. The molecule has 1 aliphatic carbocycles. The van der Waals surface area contributed by atoms with E-state index < -0.39 is 5.54 Å². The molecule has 1 saturated heterocycles. The summed E-state index contributed by atoms with van der Waals surface area (Å²) in [4.78, 5) is 27.8. The number of carbonyl (C=O) groups excluding carboxylic acids is 2. The molecule has 5 nitrogen and oxygen atoms in total. The van der Waals surface area contributed by atoms with Gasteiger partial charge in [0.25, 0.3) is 0 Å². The van der Waals surface area contributed by atoms with Crippen molar-refractivity contribution in [1.29, 1.82) is 0 Å². The summed E-state index contributed by atoms with van der Waals surface area (Å²) in [6.07, 6.45) is 3.31. The first-order valence-electron chi connectivity index (χ1n) is 6.61. The van der Waals surface area contributed by atoms with E-state index in [4.69, 9.17) is 5.73 Å². The molecule has 2 amide bonds. The Labute approximate surface area is 120 Å². The van der Waals surface area contributed by atoms with Gasteiger partial charge in [0.2, 0.25) is 11.8 Å².